The number of rotatable bonds is 6. The van der Waals surface area contributed by atoms with E-state index >= 15 is 0 Å². The lowest BCUT2D eigenvalue weighted by Crippen LogP contribution is -2.44. The highest BCUT2D eigenvalue weighted by Crippen LogP contribution is 2.32. The molecule has 29 heavy (non-hydrogen) atoms. The summed E-state index contributed by atoms with van der Waals surface area (Å²) in [4.78, 5) is 50.8. The summed E-state index contributed by atoms with van der Waals surface area (Å²) in [6.45, 7) is 1.32. The molecule has 1 fully saturated rings. The molecule has 1 atom stereocenters. The van der Waals surface area contributed by atoms with Crippen molar-refractivity contribution in [1.29, 1.82) is 0 Å². The average molecular weight is 395 g/mol. The number of imide groups is 1. The quantitative estimate of drug-likeness (QED) is 0.577. The molecular weight excluding hydrogens is 374 g/mol. The van der Waals surface area contributed by atoms with Gasteiger partial charge in [-0.15, -0.1) is 0 Å². The summed E-state index contributed by atoms with van der Waals surface area (Å²) in [7, 11) is 1.24. The molecule has 2 aromatic rings. The molecule has 0 saturated carbocycles. The van der Waals surface area contributed by atoms with Crippen LogP contribution in [0.2, 0.25) is 0 Å². The molecule has 2 N–H and O–H groups in total. The molecule has 4 amide bonds. The van der Waals surface area contributed by atoms with Crippen LogP contribution >= 0.6 is 0 Å². The molecule has 2 aromatic carbocycles. The van der Waals surface area contributed by atoms with Crippen LogP contribution in [-0.4, -0.2) is 42.4 Å². The monoisotopic (exact) mass is 395 g/mol. The van der Waals surface area contributed by atoms with Crippen LogP contribution in [0.25, 0.3) is 0 Å². The molecule has 1 saturated heterocycles. The van der Waals surface area contributed by atoms with Crippen molar-refractivity contribution in [2.75, 3.05) is 19.0 Å². The van der Waals surface area contributed by atoms with Crippen molar-refractivity contribution in [2.24, 2.45) is 0 Å². The fraction of sp³-hybridized carbons (Fsp3) is 0.238. The number of nitrogens with one attached hydrogen (secondary N) is 2. The Morgan fingerprint density at radius 3 is 2.38 bits per heavy atom. The zero-order valence-corrected chi connectivity index (χ0v) is 16.1. The van der Waals surface area contributed by atoms with Crippen LogP contribution in [-0.2, 0) is 19.9 Å². The van der Waals surface area contributed by atoms with E-state index in [1.807, 2.05) is 6.07 Å². The van der Waals surface area contributed by atoms with Gasteiger partial charge in [0, 0.05) is 0 Å². The first-order chi connectivity index (χ1) is 13.9. The van der Waals surface area contributed by atoms with Crippen LogP contribution in [0.15, 0.2) is 54.6 Å². The Morgan fingerprint density at radius 1 is 1.07 bits per heavy atom. The maximum Gasteiger partial charge on any atom is 0.339 e. The highest BCUT2D eigenvalue weighted by molar-refractivity contribution is 6.11. The van der Waals surface area contributed by atoms with Crippen LogP contribution < -0.4 is 10.6 Å². The van der Waals surface area contributed by atoms with E-state index in [2.05, 4.69) is 10.6 Å². The lowest BCUT2D eigenvalue weighted by Gasteiger charge is -2.25. The highest BCUT2D eigenvalue weighted by Gasteiger charge is 2.51. The second kappa shape index (κ2) is 8.14. The fourth-order valence-corrected chi connectivity index (χ4v) is 3.35. The fourth-order valence-electron chi connectivity index (χ4n) is 3.35. The number of amides is 4. The van der Waals surface area contributed by atoms with Gasteiger partial charge in [0.25, 0.3) is 5.91 Å². The van der Waals surface area contributed by atoms with E-state index in [1.165, 1.54) is 19.2 Å². The van der Waals surface area contributed by atoms with Crippen LogP contribution in [0.5, 0.6) is 0 Å². The van der Waals surface area contributed by atoms with Gasteiger partial charge >= 0.3 is 12.0 Å². The normalized spacial score (nSPS) is 18.3. The summed E-state index contributed by atoms with van der Waals surface area (Å²) >= 11 is 0. The molecule has 1 aliphatic rings. The minimum absolute atomic E-state index is 0.174. The smallest absolute Gasteiger partial charge is 0.339 e. The molecule has 0 aliphatic carbocycles. The number of ether oxygens (including phenoxy) is 1. The second-order valence-electron chi connectivity index (χ2n) is 6.53. The highest BCUT2D eigenvalue weighted by atomic mass is 16.5. The predicted molar refractivity (Wildman–Crippen MR) is 105 cm³/mol. The van der Waals surface area contributed by atoms with E-state index in [0.29, 0.717) is 12.0 Å². The van der Waals surface area contributed by atoms with E-state index < -0.39 is 35.9 Å². The largest absolute Gasteiger partial charge is 0.465 e. The number of esters is 1. The molecule has 1 aliphatic heterocycles. The van der Waals surface area contributed by atoms with Gasteiger partial charge in [0.05, 0.1) is 18.4 Å². The van der Waals surface area contributed by atoms with Gasteiger partial charge < -0.3 is 15.4 Å². The van der Waals surface area contributed by atoms with Crippen molar-refractivity contribution < 1.29 is 23.9 Å². The van der Waals surface area contributed by atoms with Crippen LogP contribution in [0.1, 0.15) is 29.3 Å². The van der Waals surface area contributed by atoms with Crippen LogP contribution in [0.4, 0.5) is 10.5 Å². The summed E-state index contributed by atoms with van der Waals surface area (Å²) < 4.78 is 4.70. The van der Waals surface area contributed by atoms with Crippen molar-refractivity contribution >= 4 is 29.5 Å². The first-order valence-electron chi connectivity index (χ1n) is 9.09. The number of benzene rings is 2. The Hall–Kier alpha value is -3.68. The number of hydrogen-bond acceptors (Lipinski definition) is 5. The second-order valence-corrected chi connectivity index (χ2v) is 6.53. The third-order valence-electron chi connectivity index (χ3n) is 4.88. The van der Waals surface area contributed by atoms with E-state index in [9.17, 15) is 19.2 Å². The summed E-state index contributed by atoms with van der Waals surface area (Å²) in [5.41, 5.74) is -0.142. The number of anilines is 1. The Balaban J connectivity index is 1.79. The molecule has 150 valence electrons. The van der Waals surface area contributed by atoms with Gasteiger partial charge in [-0.3, -0.25) is 14.5 Å². The molecular formula is C21H21N3O5. The summed E-state index contributed by atoms with van der Waals surface area (Å²) in [6.07, 6.45) is 0.338. The Kier molecular flexibility index (Phi) is 5.63. The summed E-state index contributed by atoms with van der Waals surface area (Å²) in [6, 6.07) is 14.6. The van der Waals surface area contributed by atoms with E-state index in [-0.39, 0.29) is 11.3 Å². The lowest BCUT2D eigenvalue weighted by molar-refractivity contribution is -0.134. The zero-order valence-electron chi connectivity index (χ0n) is 16.1. The van der Waals surface area contributed by atoms with Crippen LogP contribution in [0, 0.1) is 0 Å². The van der Waals surface area contributed by atoms with Gasteiger partial charge in [0.2, 0.25) is 5.91 Å². The third-order valence-corrected chi connectivity index (χ3v) is 4.88. The van der Waals surface area contributed by atoms with Gasteiger partial charge in [-0.1, -0.05) is 49.4 Å². The van der Waals surface area contributed by atoms with Crippen molar-refractivity contribution in [2.45, 2.75) is 18.9 Å². The van der Waals surface area contributed by atoms with E-state index in [4.69, 9.17) is 4.74 Å². The lowest BCUT2D eigenvalue weighted by atomic mass is 9.87. The van der Waals surface area contributed by atoms with Crippen molar-refractivity contribution in [3.8, 4) is 0 Å². The van der Waals surface area contributed by atoms with Crippen molar-refractivity contribution in [3.63, 3.8) is 0 Å². The molecule has 3 rings (SSSR count). The first kappa shape index (κ1) is 20.1. The summed E-state index contributed by atoms with van der Waals surface area (Å²) in [5.74, 6) is -1.71. The number of hydrogen-bond donors (Lipinski definition) is 2. The SMILES string of the molecule is CC[C@@]1(c2ccccc2)NC(=O)N(CC(=O)Nc2ccccc2C(=O)OC)C1=O. The van der Waals surface area contributed by atoms with Crippen LogP contribution in [0.3, 0.4) is 0 Å². The maximum absolute atomic E-state index is 13.1. The van der Waals surface area contributed by atoms with Gasteiger partial charge in [-0.05, 0) is 24.1 Å². The number of carbonyl (C=O) groups is 4. The minimum Gasteiger partial charge on any atom is -0.465 e. The maximum atomic E-state index is 13.1. The standard InChI is InChI=1S/C21H21N3O5/c1-3-21(14-9-5-4-6-10-14)19(27)24(20(28)23-21)13-17(25)22-16-12-8-7-11-15(16)18(26)29-2/h4-12H,3,13H2,1-2H3,(H,22,25)(H,23,28)/t21-/m0/s1. The van der Waals surface area contributed by atoms with Gasteiger partial charge in [-0.2, -0.15) is 0 Å². The third kappa shape index (κ3) is 3.69. The topological polar surface area (TPSA) is 105 Å². The molecule has 0 radical (unpaired) electrons. The Labute approximate surface area is 167 Å². The molecule has 8 nitrogen and oxygen atoms in total. The molecule has 0 unspecified atom stereocenters. The minimum atomic E-state index is -1.21. The van der Waals surface area contributed by atoms with Gasteiger partial charge in [0.15, 0.2) is 0 Å². The zero-order chi connectivity index (χ0) is 21.0. The predicted octanol–water partition coefficient (Wildman–Crippen LogP) is 2.27. The van der Waals surface area contributed by atoms with E-state index in [1.54, 1.807) is 43.3 Å². The first-order valence-corrected chi connectivity index (χ1v) is 9.09. The molecule has 8 heteroatoms. The molecule has 1 heterocycles. The number of nitrogens with zero attached hydrogens (tertiary/aromatic N) is 1. The molecule has 0 bridgehead atoms. The number of methoxy groups -OCH3 is 1. The van der Waals surface area contributed by atoms with Crippen molar-refractivity contribution in [3.05, 3.63) is 65.7 Å². The Morgan fingerprint density at radius 2 is 1.72 bits per heavy atom. The van der Waals surface area contributed by atoms with Gasteiger partial charge in [-0.25, -0.2) is 9.59 Å². The van der Waals surface area contributed by atoms with Gasteiger partial charge in [0.1, 0.15) is 12.1 Å². The van der Waals surface area contributed by atoms with E-state index in [0.717, 1.165) is 4.90 Å². The summed E-state index contributed by atoms with van der Waals surface area (Å²) in [5, 5.41) is 5.29. The molecule has 0 aromatic heterocycles. The number of carbonyl (C=O) groups excluding carboxylic acids is 4. The molecule has 0 spiro atoms. The van der Waals surface area contributed by atoms with Crippen molar-refractivity contribution in [1.82, 2.24) is 10.2 Å². The Bertz CT molecular complexity index is 960. The number of para-hydroxylation sites is 1. The average Bonchev–Trinajstić information content (AvgIpc) is 2.99. The number of urea groups is 1.